The molecule has 1 aliphatic heterocycles. The lowest BCUT2D eigenvalue weighted by Gasteiger charge is -2.31. The van der Waals surface area contributed by atoms with Gasteiger partial charge < -0.3 is 15.6 Å². The standard InChI is InChI=1S/C24H25FN4O3/c1-15-21(22(28-32-15)17-6-8-19(25)9-7-17)24(31)27-20-10-4-16(5-11-20)13-29-12-2-3-18(14-29)23(26)30/h4-11,18H,2-3,12-14H2,1H3,(H2,26,30)(H,27,31). The number of carbonyl (C=O) groups excluding carboxylic acids is 2. The molecule has 1 unspecified atom stereocenters. The van der Waals surface area contributed by atoms with E-state index in [1.165, 1.54) is 12.1 Å². The van der Waals surface area contributed by atoms with E-state index in [4.69, 9.17) is 10.3 Å². The van der Waals surface area contributed by atoms with E-state index in [0.717, 1.165) is 31.5 Å². The number of hydrogen-bond acceptors (Lipinski definition) is 5. The largest absolute Gasteiger partial charge is 0.369 e. The van der Waals surface area contributed by atoms with Crippen LogP contribution in [0.5, 0.6) is 0 Å². The molecule has 3 N–H and O–H groups in total. The summed E-state index contributed by atoms with van der Waals surface area (Å²) in [5.74, 6) is -0.667. The van der Waals surface area contributed by atoms with E-state index in [1.807, 2.05) is 24.3 Å². The Hall–Kier alpha value is -3.52. The Kier molecular flexibility index (Phi) is 6.32. The van der Waals surface area contributed by atoms with Crippen molar-refractivity contribution < 1.29 is 18.5 Å². The quantitative estimate of drug-likeness (QED) is 0.613. The molecule has 2 aromatic carbocycles. The molecule has 1 atom stereocenters. The number of halogens is 1. The maximum atomic E-state index is 13.2. The Bertz CT molecular complexity index is 1110. The molecule has 1 fully saturated rings. The summed E-state index contributed by atoms with van der Waals surface area (Å²) in [5.41, 5.74) is 8.46. The first-order chi connectivity index (χ1) is 15.4. The summed E-state index contributed by atoms with van der Waals surface area (Å²) in [5, 5.41) is 6.85. The molecule has 0 spiro atoms. The number of benzene rings is 2. The second kappa shape index (κ2) is 9.32. The van der Waals surface area contributed by atoms with Crippen LogP contribution in [0.3, 0.4) is 0 Å². The van der Waals surface area contributed by atoms with Gasteiger partial charge in [-0.2, -0.15) is 0 Å². The normalized spacial score (nSPS) is 16.6. The molecular weight excluding hydrogens is 411 g/mol. The molecule has 0 bridgehead atoms. The molecule has 0 radical (unpaired) electrons. The third kappa shape index (κ3) is 4.86. The lowest BCUT2D eigenvalue weighted by atomic mass is 9.97. The van der Waals surface area contributed by atoms with Gasteiger partial charge in [-0.1, -0.05) is 17.3 Å². The summed E-state index contributed by atoms with van der Waals surface area (Å²) in [6.45, 7) is 3.99. The van der Waals surface area contributed by atoms with Crippen LogP contribution in [0.15, 0.2) is 53.1 Å². The van der Waals surface area contributed by atoms with Crippen LogP contribution in [-0.4, -0.2) is 35.0 Å². The lowest BCUT2D eigenvalue weighted by molar-refractivity contribution is -0.123. The fraction of sp³-hybridized carbons (Fsp3) is 0.292. The number of rotatable bonds is 6. The minimum absolute atomic E-state index is 0.0931. The number of likely N-dealkylation sites (tertiary alicyclic amines) is 1. The highest BCUT2D eigenvalue weighted by Crippen LogP contribution is 2.26. The van der Waals surface area contributed by atoms with Gasteiger partial charge in [0.25, 0.3) is 5.91 Å². The highest BCUT2D eigenvalue weighted by molar-refractivity contribution is 6.08. The van der Waals surface area contributed by atoms with Gasteiger partial charge in [-0.05, 0) is 68.3 Å². The van der Waals surface area contributed by atoms with Gasteiger partial charge in [-0.15, -0.1) is 0 Å². The number of aromatic nitrogens is 1. The van der Waals surface area contributed by atoms with Gasteiger partial charge in [0.1, 0.15) is 22.8 Å². The molecule has 1 saturated heterocycles. The smallest absolute Gasteiger partial charge is 0.261 e. The van der Waals surface area contributed by atoms with E-state index >= 15 is 0 Å². The fourth-order valence-corrected chi connectivity index (χ4v) is 4.02. The number of nitrogens with zero attached hydrogens (tertiary/aromatic N) is 2. The third-order valence-electron chi connectivity index (χ3n) is 5.73. The minimum Gasteiger partial charge on any atom is -0.369 e. The fourth-order valence-electron chi connectivity index (χ4n) is 4.02. The number of hydrogen-bond donors (Lipinski definition) is 2. The van der Waals surface area contributed by atoms with Gasteiger partial charge in [-0.3, -0.25) is 14.5 Å². The summed E-state index contributed by atoms with van der Waals surface area (Å²) in [6, 6.07) is 13.3. The summed E-state index contributed by atoms with van der Waals surface area (Å²) in [4.78, 5) is 26.6. The number of nitrogens with two attached hydrogens (primary N) is 1. The van der Waals surface area contributed by atoms with E-state index in [9.17, 15) is 14.0 Å². The van der Waals surface area contributed by atoms with Crippen molar-refractivity contribution in [3.8, 4) is 11.3 Å². The first kappa shape index (κ1) is 21.7. The average Bonchev–Trinajstić information content (AvgIpc) is 3.17. The summed E-state index contributed by atoms with van der Waals surface area (Å²) < 4.78 is 18.5. The number of amides is 2. The topological polar surface area (TPSA) is 101 Å². The number of aryl methyl sites for hydroxylation is 1. The molecule has 2 amide bonds. The van der Waals surface area contributed by atoms with Crippen LogP contribution in [0.25, 0.3) is 11.3 Å². The van der Waals surface area contributed by atoms with Crippen molar-refractivity contribution in [2.24, 2.45) is 11.7 Å². The van der Waals surface area contributed by atoms with E-state index in [2.05, 4.69) is 15.4 Å². The van der Waals surface area contributed by atoms with Crippen LogP contribution >= 0.6 is 0 Å². The molecule has 0 saturated carbocycles. The van der Waals surface area contributed by atoms with Crippen molar-refractivity contribution in [3.05, 3.63) is 71.2 Å². The molecule has 1 aromatic heterocycles. The van der Waals surface area contributed by atoms with Crippen molar-refractivity contribution in [1.82, 2.24) is 10.1 Å². The highest BCUT2D eigenvalue weighted by atomic mass is 19.1. The SMILES string of the molecule is Cc1onc(-c2ccc(F)cc2)c1C(=O)Nc1ccc(CN2CCCC(C(N)=O)C2)cc1. The van der Waals surface area contributed by atoms with Crippen LogP contribution in [0, 0.1) is 18.7 Å². The van der Waals surface area contributed by atoms with Crippen LogP contribution in [-0.2, 0) is 11.3 Å². The van der Waals surface area contributed by atoms with Gasteiger partial charge in [0.15, 0.2) is 0 Å². The number of nitrogens with one attached hydrogen (secondary N) is 1. The van der Waals surface area contributed by atoms with Gasteiger partial charge >= 0.3 is 0 Å². The zero-order chi connectivity index (χ0) is 22.7. The molecule has 0 aliphatic carbocycles. The second-order valence-corrected chi connectivity index (χ2v) is 8.10. The summed E-state index contributed by atoms with van der Waals surface area (Å²) >= 11 is 0. The molecule has 1 aliphatic rings. The number of carbonyl (C=O) groups is 2. The molecule has 3 aromatic rings. The van der Waals surface area contributed by atoms with Crippen molar-refractivity contribution in [3.63, 3.8) is 0 Å². The van der Waals surface area contributed by atoms with Gasteiger partial charge in [0, 0.05) is 24.3 Å². The molecule has 8 heteroatoms. The third-order valence-corrected chi connectivity index (χ3v) is 5.73. The second-order valence-electron chi connectivity index (χ2n) is 8.10. The molecule has 4 rings (SSSR count). The summed E-state index contributed by atoms with van der Waals surface area (Å²) in [7, 11) is 0. The highest BCUT2D eigenvalue weighted by Gasteiger charge is 2.24. The number of primary amides is 1. The van der Waals surface area contributed by atoms with Crippen LogP contribution in [0.2, 0.25) is 0 Å². The van der Waals surface area contributed by atoms with Gasteiger partial charge in [-0.25, -0.2) is 4.39 Å². The molecular formula is C24H25FN4O3. The predicted octanol–water partition coefficient (Wildman–Crippen LogP) is 3.74. The molecule has 32 heavy (non-hydrogen) atoms. The molecule has 2 heterocycles. The number of piperidine rings is 1. The van der Waals surface area contributed by atoms with Crippen molar-refractivity contribution in [2.45, 2.75) is 26.3 Å². The van der Waals surface area contributed by atoms with Crippen molar-refractivity contribution >= 4 is 17.5 Å². The van der Waals surface area contributed by atoms with Gasteiger partial charge in [0.05, 0.1) is 5.92 Å². The Morgan fingerprint density at radius 3 is 2.59 bits per heavy atom. The van der Waals surface area contributed by atoms with E-state index in [-0.39, 0.29) is 23.5 Å². The van der Waals surface area contributed by atoms with E-state index in [1.54, 1.807) is 19.1 Å². The van der Waals surface area contributed by atoms with Crippen molar-refractivity contribution in [2.75, 3.05) is 18.4 Å². The summed E-state index contributed by atoms with van der Waals surface area (Å²) in [6.07, 6.45) is 1.80. The Labute approximate surface area is 185 Å². The molecule has 166 valence electrons. The van der Waals surface area contributed by atoms with Crippen LogP contribution in [0.4, 0.5) is 10.1 Å². The first-order valence-electron chi connectivity index (χ1n) is 10.5. The number of anilines is 1. The Morgan fingerprint density at radius 1 is 1.19 bits per heavy atom. The van der Waals surface area contributed by atoms with Gasteiger partial charge in [0.2, 0.25) is 5.91 Å². The zero-order valence-electron chi connectivity index (χ0n) is 17.8. The zero-order valence-corrected chi connectivity index (χ0v) is 17.8. The first-order valence-corrected chi connectivity index (χ1v) is 10.5. The Balaban J connectivity index is 1.43. The Morgan fingerprint density at radius 2 is 1.91 bits per heavy atom. The van der Waals surface area contributed by atoms with Crippen LogP contribution in [0.1, 0.15) is 34.5 Å². The molecule has 7 nitrogen and oxygen atoms in total. The van der Waals surface area contributed by atoms with Crippen LogP contribution < -0.4 is 11.1 Å². The average molecular weight is 436 g/mol. The van der Waals surface area contributed by atoms with Crippen molar-refractivity contribution in [1.29, 1.82) is 0 Å². The predicted molar refractivity (Wildman–Crippen MR) is 118 cm³/mol. The monoisotopic (exact) mass is 436 g/mol. The maximum Gasteiger partial charge on any atom is 0.261 e. The van der Waals surface area contributed by atoms with E-state index < -0.39 is 0 Å². The minimum atomic E-state index is -0.366. The maximum absolute atomic E-state index is 13.2. The lowest BCUT2D eigenvalue weighted by Crippen LogP contribution is -2.40. The van der Waals surface area contributed by atoms with E-state index in [0.29, 0.717) is 34.8 Å².